The Kier molecular flexibility index (Phi) is 2.90. The predicted octanol–water partition coefficient (Wildman–Crippen LogP) is 6.28. The van der Waals surface area contributed by atoms with Crippen LogP contribution in [0.2, 0.25) is 0 Å². The lowest BCUT2D eigenvalue weighted by Gasteiger charge is -2.37. The van der Waals surface area contributed by atoms with E-state index in [4.69, 9.17) is 11.6 Å². The van der Waals surface area contributed by atoms with Crippen LogP contribution in [-0.2, 0) is 0 Å². The van der Waals surface area contributed by atoms with E-state index in [-0.39, 0.29) is 5.56 Å². The predicted molar refractivity (Wildman–Crippen MR) is 61.1 cm³/mol. The van der Waals surface area contributed by atoms with Crippen LogP contribution in [0.5, 0.6) is 0 Å². The third-order valence-electron chi connectivity index (χ3n) is 1.45. The molecule has 0 radical (unpaired) electrons. The van der Waals surface area contributed by atoms with E-state index in [1.807, 2.05) is 0 Å². The number of benzene rings is 1. The van der Waals surface area contributed by atoms with Gasteiger partial charge in [0.15, 0.2) is 0 Å². The molecule has 1 rings (SSSR count). The van der Waals surface area contributed by atoms with Crippen molar-refractivity contribution in [3.05, 3.63) is 39.7 Å². The number of halogens is 7. The van der Waals surface area contributed by atoms with Crippen molar-refractivity contribution in [1.82, 2.24) is 0 Å². The van der Waals surface area contributed by atoms with E-state index in [0.29, 0.717) is 4.47 Å². The molecule has 0 aliphatic carbocycles. The molecule has 0 nitrogen and oxygen atoms in total. The first kappa shape index (κ1) is 13.8. The SMILES string of the molecule is FS(F)(F)(F)(F)/C=C(/Cl)c1ccc(Br)cc1. The van der Waals surface area contributed by atoms with Gasteiger partial charge in [-0.3, -0.25) is 0 Å². The van der Waals surface area contributed by atoms with Gasteiger partial charge in [0.2, 0.25) is 0 Å². The van der Waals surface area contributed by atoms with Gasteiger partial charge in [-0.15, -0.1) is 0 Å². The third kappa shape index (κ3) is 5.18. The summed E-state index contributed by atoms with van der Waals surface area (Å²) in [5, 5.41) is -2.14. The minimum Gasteiger partial charge on any atom is -0.0941 e. The van der Waals surface area contributed by atoms with Crippen molar-refractivity contribution in [2.45, 2.75) is 0 Å². The van der Waals surface area contributed by atoms with Gasteiger partial charge in [0, 0.05) is 4.47 Å². The molecule has 0 aliphatic heterocycles. The highest BCUT2D eigenvalue weighted by Gasteiger charge is 2.61. The Bertz CT molecular complexity index is 435. The minimum atomic E-state index is -9.62. The van der Waals surface area contributed by atoms with Crippen LogP contribution in [0.4, 0.5) is 19.4 Å². The second-order valence-electron chi connectivity index (χ2n) is 3.00. The molecule has 0 fully saturated rings. The molecule has 0 aromatic heterocycles. The molecule has 0 saturated carbocycles. The summed E-state index contributed by atoms with van der Waals surface area (Å²) in [5.74, 6) is 0. The largest absolute Gasteiger partial charge is 0.305 e. The fourth-order valence-electron chi connectivity index (χ4n) is 0.873. The zero-order valence-electron chi connectivity index (χ0n) is 7.44. The highest BCUT2D eigenvalue weighted by molar-refractivity contribution is 9.10. The minimum absolute atomic E-state index is 0.127. The van der Waals surface area contributed by atoms with Crippen molar-refractivity contribution in [2.24, 2.45) is 0 Å². The van der Waals surface area contributed by atoms with Gasteiger partial charge in [-0.25, -0.2) is 0 Å². The highest BCUT2D eigenvalue weighted by atomic mass is 79.9. The summed E-state index contributed by atoms with van der Waals surface area (Å²) in [7, 11) is -9.62. The zero-order valence-corrected chi connectivity index (χ0v) is 10.6. The molecule has 0 spiro atoms. The highest BCUT2D eigenvalue weighted by Crippen LogP contribution is 2.99. The molecule has 0 saturated heterocycles. The fraction of sp³-hybridized carbons (Fsp3) is 0. The quantitative estimate of drug-likeness (QED) is 0.554. The van der Waals surface area contributed by atoms with Crippen molar-refractivity contribution >= 4 is 42.8 Å². The molecule has 0 N–H and O–H groups in total. The van der Waals surface area contributed by atoms with E-state index in [2.05, 4.69) is 15.9 Å². The van der Waals surface area contributed by atoms with E-state index in [1.165, 1.54) is 24.3 Å². The molecule has 0 aliphatic rings. The monoisotopic (exact) mass is 342 g/mol. The van der Waals surface area contributed by atoms with Gasteiger partial charge in [-0.2, -0.15) is 0 Å². The Morgan fingerprint density at radius 1 is 1.06 bits per heavy atom. The Hall–Kier alpha value is -0.270. The maximum absolute atomic E-state index is 12.1. The maximum Gasteiger partial charge on any atom is 0.305 e. The normalized spacial score (nSPS) is 17.8. The van der Waals surface area contributed by atoms with E-state index < -0.39 is 20.7 Å². The van der Waals surface area contributed by atoms with E-state index >= 15 is 0 Å². The van der Waals surface area contributed by atoms with E-state index in [0.717, 1.165) is 0 Å². The number of rotatable bonds is 2. The number of hydrogen-bond acceptors (Lipinski definition) is 0. The van der Waals surface area contributed by atoms with Crippen molar-refractivity contribution in [3.8, 4) is 0 Å². The number of hydrogen-bond donors (Lipinski definition) is 0. The molecule has 1 aromatic carbocycles. The van der Waals surface area contributed by atoms with Crippen LogP contribution in [-0.4, -0.2) is 0 Å². The fourth-order valence-corrected chi connectivity index (χ4v) is 2.30. The van der Waals surface area contributed by atoms with Gasteiger partial charge in [0.1, 0.15) is 0 Å². The van der Waals surface area contributed by atoms with Crippen molar-refractivity contribution in [2.75, 3.05) is 0 Å². The third-order valence-corrected chi connectivity index (χ3v) is 3.11. The van der Waals surface area contributed by atoms with Gasteiger partial charge < -0.3 is 0 Å². The van der Waals surface area contributed by atoms with Crippen LogP contribution in [0.1, 0.15) is 5.56 Å². The second kappa shape index (κ2) is 3.36. The molecular weight excluding hydrogens is 339 g/mol. The first-order valence-corrected chi connectivity index (χ1v) is 6.93. The molecule has 1 aromatic rings. The molecular formula is C8H5BrClF5S. The van der Waals surface area contributed by atoms with E-state index in [9.17, 15) is 19.4 Å². The molecule has 0 heterocycles. The lowest BCUT2D eigenvalue weighted by Crippen LogP contribution is -2.00. The molecule has 0 bridgehead atoms. The molecule has 0 unspecified atom stereocenters. The van der Waals surface area contributed by atoms with Crippen LogP contribution in [0.3, 0.4) is 0 Å². The Morgan fingerprint density at radius 3 is 1.88 bits per heavy atom. The summed E-state index contributed by atoms with van der Waals surface area (Å²) in [6, 6.07) is 5.20. The van der Waals surface area contributed by atoms with Crippen LogP contribution in [0, 0.1) is 0 Å². The molecule has 0 atom stereocenters. The zero-order chi connectivity index (χ0) is 12.7. The Morgan fingerprint density at radius 2 is 1.50 bits per heavy atom. The molecule has 92 valence electrons. The summed E-state index contributed by atoms with van der Waals surface area (Å²) < 4.78 is 60.9. The van der Waals surface area contributed by atoms with E-state index in [1.54, 1.807) is 0 Å². The standard InChI is InChI=1S/C8H5BrClF5S/c9-7-3-1-6(2-4-7)8(10)5-16(11,12,13,14)15/h1-5H/b8-5+. The average Bonchev–Trinajstić information content (AvgIpc) is 1.99. The van der Waals surface area contributed by atoms with Gasteiger partial charge in [0.25, 0.3) is 0 Å². The summed E-state index contributed by atoms with van der Waals surface area (Å²) in [6.07, 6.45) is 0. The van der Waals surface area contributed by atoms with Gasteiger partial charge >= 0.3 is 10.2 Å². The molecule has 16 heavy (non-hydrogen) atoms. The average molecular weight is 344 g/mol. The Balaban J connectivity index is 3.19. The first-order valence-electron chi connectivity index (χ1n) is 3.75. The Labute approximate surface area is 102 Å². The van der Waals surface area contributed by atoms with Crippen molar-refractivity contribution in [3.63, 3.8) is 0 Å². The molecule has 0 amide bonds. The second-order valence-corrected chi connectivity index (χ2v) is 6.62. The van der Waals surface area contributed by atoms with Gasteiger partial charge in [0.05, 0.1) is 10.4 Å². The molecule has 8 heteroatoms. The summed E-state index contributed by atoms with van der Waals surface area (Å²) in [5.41, 5.74) is -0.127. The van der Waals surface area contributed by atoms with Crippen LogP contribution in [0.25, 0.3) is 5.03 Å². The topological polar surface area (TPSA) is 0 Å². The van der Waals surface area contributed by atoms with Crippen LogP contribution in [0.15, 0.2) is 34.1 Å². The lowest BCUT2D eigenvalue weighted by molar-refractivity contribution is 0.385. The van der Waals surface area contributed by atoms with Crippen LogP contribution < -0.4 is 0 Å². The summed E-state index contributed by atoms with van der Waals surface area (Å²) in [4.78, 5) is 0. The maximum atomic E-state index is 12.1. The summed E-state index contributed by atoms with van der Waals surface area (Å²) in [6.45, 7) is 0. The van der Waals surface area contributed by atoms with Crippen molar-refractivity contribution < 1.29 is 19.4 Å². The van der Waals surface area contributed by atoms with Crippen molar-refractivity contribution in [1.29, 1.82) is 0 Å². The van der Waals surface area contributed by atoms with Gasteiger partial charge in [-0.1, -0.05) is 59.1 Å². The van der Waals surface area contributed by atoms with Gasteiger partial charge in [-0.05, 0) is 17.7 Å². The first-order chi connectivity index (χ1) is 6.86. The lowest BCUT2D eigenvalue weighted by atomic mass is 10.2. The smallest absolute Gasteiger partial charge is 0.0941 e. The van der Waals surface area contributed by atoms with Crippen LogP contribution >= 0.6 is 37.8 Å². The summed E-state index contributed by atoms with van der Waals surface area (Å²) >= 11 is 8.25.